The fourth-order valence-electron chi connectivity index (χ4n) is 4.38. The number of anilines is 1. The van der Waals surface area contributed by atoms with Crippen molar-refractivity contribution in [3.63, 3.8) is 0 Å². The first-order valence-corrected chi connectivity index (χ1v) is 9.67. The van der Waals surface area contributed by atoms with E-state index in [1.165, 1.54) is 5.56 Å². The SMILES string of the molecule is CC(C)[NH+]1CCC2(CC1)Nc1ccccc1C(=O)N2Cc1ccccc1. The maximum atomic E-state index is 13.4. The first-order valence-electron chi connectivity index (χ1n) is 9.67. The van der Waals surface area contributed by atoms with Crippen LogP contribution in [-0.4, -0.2) is 35.6 Å². The molecule has 26 heavy (non-hydrogen) atoms. The van der Waals surface area contributed by atoms with E-state index in [1.54, 1.807) is 4.90 Å². The van der Waals surface area contributed by atoms with Gasteiger partial charge in [0.25, 0.3) is 5.91 Å². The highest BCUT2D eigenvalue weighted by Crippen LogP contribution is 2.36. The lowest BCUT2D eigenvalue weighted by Gasteiger charge is -2.51. The Morgan fingerprint density at radius 3 is 2.38 bits per heavy atom. The summed E-state index contributed by atoms with van der Waals surface area (Å²) in [5.41, 5.74) is 2.67. The quantitative estimate of drug-likeness (QED) is 0.893. The molecule has 0 aromatic heterocycles. The highest BCUT2D eigenvalue weighted by Gasteiger charge is 2.47. The van der Waals surface area contributed by atoms with E-state index in [2.05, 4.69) is 36.2 Å². The number of likely N-dealkylation sites (tertiary alicyclic amines) is 1. The van der Waals surface area contributed by atoms with Crippen molar-refractivity contribution in [2.24, 2.45) is 0 Å². The van der Waals surface area contributed by atoms with Crippen LogP contribution < -0.4 is 10.2 Å². The molecule has 0 bridgehead atoms. The molecule has 0 aliphatic carbocycles. The number of nitrogens with one attached hydrogen (secondary N) is 2. The van der Waals surface area contributed by atoms with Crippen molar-refractivity contribution in [2.75, 3.05) is 18.4 Å². The van der Waals surface area contributed by atoms with Crippen molar-refractivity contribution >= 4 is 11.6 Å². The van der Waals surface area contributed by atoms with Crippen LogP contribution in [0.5, 0.6) is 0 Å². The lowest BCUT2D eigenvalue weighted by atomic mass is 9.89. The van der Waals surface area contributed by atoms with Crippen LogP contribution in [0.1, 0.15) is 42.6 Å². The summed E-state index contributed by atoms with van der Waals surface area (Å²) >= 11 is 0. The molecule has 0 unspecified atom stereocenters. The van der Waals surface area contributed by atoms with Crippen LogP contribution in [0, 0.1) is 0 Å². The molecule has 1 amide bonds. The fraction of sp³-hybridized carbons (Fsp3) is 0.409. The first-order chi connectivity index (χ1) is 12.6. The molecule has 2 aromatic carbocycles. The second-order valence-electron chi connectivity index (χ2n) is 7.89. The largest absolute Gasteiger partial charge is 0.362 e. The lowest BCUT2D eigenvalue weighted by molar-refractivity contribution is -0.927. The lowest BCUT2D eigenvalue weighted by Crippen LogP contribution is -3.16. The molecule has 2 N–H and O–H groups in total. The average Bonchev–Trinajstić information content (AvgIpc) is 2.66. The molecule has 1 spiro atoms. The standard InChI is InChI=1S/C22H27N3O/c1-17(2)24-14-12-22(13-15-24)23-20-11-7-6-10-19(20)21(26)25(22)16-18-8-4-3-5-9-18/h3-11,17,23H,12-16H2,1-2H3/p+1. The van der Waals surface area contributed by atoms with E-state index < -0.39 is 0 Å². The number of rotatable bonds is 3. The minimum absolute atomic E-state index is 0.149. The molecule has 136 valence electrons. The first kappa shape index (κ1) is 17.1. The highest BCUT2D eigenvalue weighted by atomic mass is 16.2. The van der Waals surface area contributed by atoms with Gasteiger partial charge in [-0.15, -0.1) is 0 Å². The highest BCUT2D eigenvalue weighted by molar-refractivity contribution is 6.02. The Hall–Kier alpha value is -2.33. The van der Waals surface area contributed by atoms with Crippen molar-refractivity contribution in [2.45, 2.75) is 44.9 Å². The zero-order valence-corrected chi connectivity index (χ0v) is 15.7. The van der Waals surface area contributed by atoms with E-state index in [9.17, 15) is 4.79 Å². The van der Waals surface area contributed by atoms with Crippen LogP contribution >= 0.6 is 0 Å². The molecule has 2 aliphatic rings. The van der Waals surface area contributed by atoms with E-state index in [4.69, 9.17) is 0 Å². The molecule has 2 heterocycles. The maximum absolute atomic E-state index is 13.4. The average molecular weight is 350 g/mol. The molecule has 2 aliphatic heterocycles. The molecule has 4 nitrogen and oxygen atoms in total. The van der Waals surface area contributed by atoms with Crippen molar-refractivity contribution in [3.8, 4) is 0 Å². The predicted octanol–water partition coefficient (Wildman–Crippen LogP) is 2.54. The third-order valence-corrected chi connectivity index (χ3v) is 6.01. The normalized spacial score (nSPS) is 25.3. The van der Waals surface area contributed by atoms with Gasteiger partial charge < -0.3 is 15.1 Å². The van der Waals surface area contributed by atoms with Gasteiger partial charge in [-0.3, -0.25) is 4.79 Å². The van der Waals surface area contributed by atoms with Crippen molar-refractivity contribution in [3.05, 3.63) is 65.7 Å². The zero-order valence-electron chi connectivity index (χ0n) is 15.7. The smallest absolute Gasteiger partial charge is 0.258 e. The predicted molar refractivity (Wildman–Crippen MR) is 104 cm³/mol. The van der Waals surface area contributed by atoms with Gasteiger partial charge in [-0.05, 0) is 31.5 Å². The summed E-state index contributed by atoms with van der Waals surface area (Å²) < 4.78 is 0. The van der Waals surface area contributed by atoms with Crippen LogP contribution in [-0.2, 0) is 6.54 Å². The summed E-state index contributed by atoms with van der Waals surface area (Å²) in [6.07, 6.45) is 1.96. The van der Waals surface area contributed by atoms with Gasteiger partial charge in [-0.2, -0.15) is 0 Å². The van der Waals surface area contributed by atoms with Gasteiger partial charge in [0, 0.05) is 25.1 Å². The number of amides is 1. The molecule has 0 radical (unpaired) electrons. The van der Waals surface area contributed by atoms with Crippen molar-refractivity contribution < 1.29 is 9.69 Å². The molecule has 2 aromatic rings. The number of para-hydroxylation sites is 1. The van der Waals surface area contributed by atoms with Gasteiger partial charge in [0.2, 0.25) is 0 Å². The third kappa shape index (κ3) is 2.99. The number of benzene rings is 2. The van der Waals surface area contributed by atoms with E-state index in [0.717, 1.165) is 37.2 Å². The zero-order chi connectivity index (χ0) is 18.1. The Bertz CT molecular complexity index is 779. The van der Waals surface area contributed by atoms with Gasteiger partial charge >= 0.3 is 0 Å². The topological polar surface area (TPSA) is 36.8 Å². The molecular weight excluding hydrogens is 322 g/mol. The van der Waals surface area contributed by atoms with Gasteiger partial charge in [0.05, 0.1) is 24.7 Å². The van der Waals surface area contributed by atoms with E-state index in [-0.39, 0.29) is 11.6 Å². The van der Waals surface area contributed by atoms with E-state index >= 15 is 0 Å². The van der Waals surface area contributed by atoms with E-state index in [0.29, 0.717) is 12.6 Å². The number of piperidine rings is 1. The van der Waals surface area contributed by atoms with E-state index in [1.807, 2.05) is 42.5 Å². The number of carbonyl (C=O) groups is 1. The summed E-state index contributed by atoms with van der Waals surface area (Å²) in [5, 5.41) is 3.76. The van der Waals surface area contributed by atoms with Crippen LogP contribution in [0.3, 0.4) is 0 Å². The summed E-state index contributed by atoms with van der Waals surface area (Å²) in [5.74, 6) is 0.149. The van der Waals surface area contributed by atoms with Gasteiger partial charge in [0.1, 0.15) is 5.66 Å². The molecule has 1 saturated heterocycles. The molecule has 4 rings (SSSR count). The molecule has 1 fully saturated rings. The third-order valence-electron chi connectivity index (χ3n) is 6.01. The molecule has 0 atom stereocenters. The number of hydrogen-bond donors (Lipinski definition) is 2. The van der Waals surface area contributed by atoms with Gasteiger partial charge in [-0.1, -0.05) is 42.5 Å². The number of fused-ring (bicyclic) bond motifs is 1. The Labute approximate surface area is 155 Å². The summed E-state index contributed by atoms with van der Waals surface area (Å²) in [7, 11) is 0. The minimum atomic E-state index is -0.278. The van der Waals surface area contributed by atoms with Gasteiger partial charge in [-0.25, -0.2) is 0 Å². The van der Waals surface area contributed by atoms with Crippen LogP contribution in [0.15, 0.2) is 54.6 Å². The Morgan fingerprint density at radius 1 is 1.04 bits per heavy atom. The monoisotopic (exact) mass is 350 g/mol. The van der Waals surface area contributed by atoms with Crippen molar-refractivity contribution in [1.82, 2.24) is 4.90 Å². The molecular formula is C22H28N3O+. The van der Waals surface area contributed by atoms with Crippen molar-refractivity contribution in [1.29, 1.82) is 0 Å². The van der Waals surface area contributed by atoms with Gasteiger partial charge in [0.15, 0.2) is 0 Å². The maximum Gasteiger partial charge on any atom is 0.258 e. The minimum Gasteiger partial charge on any atom is -0.362 e. The number of hydrogen-bond acceptors (Lipinski definition) is 2. The Balaban J connectivity index is 1.69. The number of carbonyl (C=O) groups excluding carboxylic acids is 1. The fourth-order valence-corrected chi connectivity index (χ4v) is 4.38. The number of nitrogens with zero attached hydrogens (tertiary/aromatic N) is 1. The second-order valence-corrected chi connectivity index (χ2v) is 7.89. The van der Waals surface area contributed by atoms with Crippen LogP contribution in [0.2, 0.25) is 0 Å². The number of quaternary nitrogens is 1. The van der Waals surface area contributed by atoms with Crippen LogP contribution in [0.25, 0.3) is 0 Å². The Kier molecular flexibility index (Phi) is 4.45. The van der Waals surface area contributed by atoms with Crippen LogP contribution in [0.4, 0.5) is 5.69 Å². The molecule has 4 heteroatoms. The summed E-state index contributed by atoms with van der Waals surface area (Å²) in [4.78, 5) is 17.1. The second kappa shape index (κ2) is 6.76. The summed E-state index contributed by atoms with van der Waals surface area (Å²) in [6, 6.07) is 18.9. The molecule has 0 saturated carbocycles. The Morgan fingerprint density at radius 2 is 1.69 bits per heavy atom. The summed E-state index contributed by atoms with van der Waals surface area (Å²) in [6.45, 7) is 7.39.